The Morgan fingerprint density at radius 2 is 2.32 bits per heavy atom. The fourth-order valence-corrected chi connectivity index (χ4v) is 3.31. The van der Waals surface area contributed by atoms with Crippen LogP contribution in [0.3, 0.4) is 0 Å². The molecule has 106 valence electrons. The minimum Gasteiger partial charge on any atom is -0.468 e. The standard InChI is InChI=1S/C15H23NO2S/c1-11-6-3-4-8-14(11)16-15(17)12(2)19-10-13-7-5-9-18-13/h5,7,9,11-12,14H,3-4,6,8,10H2,1-2H3,(H,16,17). The number of amides is 1. The summed E-state index contributed by atoms with van der Waals surface area (Å²) >= 11 is 1.63. The van der Waals surface area contributed by atoms with Gasteiger partial charge in [-0.15, -0.1) is 11.8 Å². The molecule has 3 atom stereocenters. The van der Waals surface area contributed by atoms with Crippen molar-refractivity contribution in [2.45, 2.75) is 56.6 Å². The van der Waals surface area contributed by atoms with Gasteiger partial charge in [-0.05, 0) is 37.8 Å². The molecule has 1 aromatic rings. The molecule has 2 rings (SSSR count). The molecule has 1 amide bonds. The third-order valence-electron chi connectivity index (χ3n) is 3.86. The zero-order chi connectivity index (χ0) is 13.7. The summed E-state index contributed by atoms with van der Waals surface area (Å²) in [6.07, 6.45) is 6.57. The minimum atomic E-state index is -0.0285. The van der Waals surface area contributed by atoms with Gasteiger partial charge in [-0.2, -0.15) is 0 Å². The predicted octanol–water partition coefficient (Wildman–Crippen LogP) is 3.60. The van der Waals surface area contributed by atoms with Gasteiger partial charge in [0.25, 0.3) is 0 Å². The van der Waals surface area contributed by atoms with Gasteiger partial charge in [0.15, 0.2) is 0 Å². The van der Waals surface area contributed by atoms with Crippen molar-refractivity contribution < 1.29 is 9.21 Å². The van der Waals surface area contributed by atoms with Crippen LogP contribution in [-0.2, 0) is 10.5 Å². The maximum Gasteiger partial charge on any atom is 0.233 e. The summed E-state index contributed by atoms with van der Waals surface area (Å²) in [7, 11) is 0. The van der Waals surface area contributed by atoms with Gasteiger partial charge in [0.1, 0.15) is 5.76 Å². The Bertz CT molecular complexity index is 391. The molecule has 0 aromatic carbocycles. The Kier molecular flexibility index (Phi) is 5.37. The van der Waals surface area contributed by atoms with Crippen LogP contribution < -0.4 is 5.32 Å². The molecule has 1 fully saturated rings. The fraction of sp³-hybridized carbons (Fsp3) is 0.667. The second-order valence-corrected chi connectivity index (χ2v) is 6.74. The number of hydrogen-bond donors (Lipinski definition) is 1. The topological polar surface area (TPSA) is 42.2 Å². The number of hydrogen-bond acceptors (Lipinski definition) is 3. The summed E-state index contributed by atoms with van der Waals surface area (Å²) in [5, 5.41) is 3.18. The lowest BCUT2D eigenvalue weighted by molar-refractivity contribution is -0.121. The molecule has 1 aliphatic rings. The highest BCUT2D eigenvalue weighted by molar-refractivity contribution is 7.99. The summed E-state index contributed by atoms with van der Waals surface area (Å²) in [5.74, 6) is 2.45. The van der Waals surface area contributed by atoms with E-state index >= 15 is 0 Å². The first-order valence-electron chi connectivity index (χ1n) is 7.11. The number of nitrogens with one attached hydrogen (secondary N) is 1. The van der Waals surface area contributed by atoms with Crippen LogP contribution in [0.25, 0.3) is 0 Å². The van der Waals surface area contributed by atoms with Crippen LogP contribution in [0.2, 0.25) is 0 Å². The molecule has 0 saturated heterocycles. The van der Waals surface area contributed by atoms with E-state index in [1.165, 1.54) is 19.3 Å². The van der Waals surface area contributed by atoms with Crippen molar-refractivity contribution in [3.05, 3.63) is 24.2 Å². The lowest BCUT2D eigenvalue weighted by Gasteiger charge is -2.30. The quantitative estimate of drug-likeness (QED) is 0.896. The Hall–Kier alpha value is -0.900. The van der Waals surface area contributed by atoms with Gasteiger partial charge in [0.05, 0.1) is 17.3 Å². The number of carbonyl (C=O) groups excluding carboxylic acids is 1. The van der Waals surface area contributed by atoms with E-state index in [9.17, 15) is 4.79 Å². The van der Waals surface area contributed by atoms with E-state index < -0.39 is 0 Å². The zero-order valence-electron chi connectivity index (χ0n) is 11.7. The van der Waals surface area contributed by atoms with Crippen molar-refractivity contribution in [1.29, 1.82) is 0 Å². The van der Waals surface area contributed by atoms with Crippen LogP contribution >= 0.6 is 11.8 Å². The summed E-state index contributed by atoms with van der Waals surface area (Å²) < 4.78 is 5.28. The molecule has 3 unspecified atom stereocenters. The third-order valence-corrected chi connectivity index (χ3v) is 5.03. The highest BCUT2D eigenvalue weighted by atomic mass is 32.2. The number of carbonyl (C=O) groups is 1. The summed E-state index contributed by atoms with van der Waals surface area (Å²) in [5.41, 5.74) is 0. The molecular formula is C15H23NO2S. The van der Waals surface area contributed by atoms with Crippen LogP contribution in [-0.4, -0.2) is 17.2 Å². The van der Waals surface area contributed by atoms with Gasteiger partial charge < -0.3 is 9.73 Å². The van der Waals surface area contributed by atoms with Crippen molar-refractivity contribution in [2.75, 3.05) is 0 Å². The summed E-state index contributed by atoms with van der Waals surface area (Å²) in [4.78, 5) is 12.2. The maximum absolute atomic E-state index is 12.2. The van der Waals surface area contributed by atoms with Crippen LogP contribution in [0.15, 0.2) is 22.8 Å². The van der Waals surface area contributed by atoms with Gasteiger partial charge in [-0.1, -0.05) is 19.8 Å². The number of thioether (sulfide) groups is 1. The second-order valence-electron chi connectivity index (χ2n) is 5.41. The van der Waals surface area contributed by atoms with E-state index in [0.717, 1.165) is 17.9 Å². The number of rotatable bonds is 5. The van der Waals surface area contributed by atoms with Crippen LogP contribution in [0, 0.1) is 5.92 Å². The van der Waals surface area contributed by atoms with Gasteiger partial charge >= 0.3 is 0 Å². The third kappa shape index (κ3) is 4.30. The molecule has 4 heteroatoms. The molecule has 1 aliphatic carbocycles. The van der Waals surface area contributed by atoms with Crippen molar-refractivity contribution in [2.24, 2.45) is 5.92 Å². The average Bonchev–Trinajstić information content (AvgIpc) is 2.91. The van der Waals surface area contributed by atoms with E-state index in [4.69, 9.17) is 4.42 Å². The Balaban J connectivity index is 1.75. The van der Waals surface area contributed by atoms with Crippen LogP contribution in [0.4, 0.5) is 0 Å². The lowest BCUT2D eigenvalue weighted by atomic mass is 9.86. The van der Waals surface area contributed by atoms with Gasteiger partial charge in [-0.3, -0.25) is 4.79 Å². The van der Waals surface area contributed by atoms with Gasteiger partial charge in [-0.25, -0.2) is 0 Å². The van der Waals surface area contributed by atoms with Crippen LogP contribution in [0.1, 0.15) is 45.3 Å². The monoisotopic (exact) mass is 281 g/mol. The van der Waals surface area contributed by atoms with Gasteiger partial charge in [0.2, 0.25) is 5.91 Å². The Labute approximate surface area is 119 Å². The second kappa shape index (κ2) is 7.04. The van der Waals surface area contributed by atoms with Gasteiger partial charge in [0, 0.05) is 6.04 Å². The molecule has 0 spiro atoms. The molecule has 1 heterocycles. The molecule has 0 aliphatic heterocycles. The highest BCUT2D eigenvalue weighted by Crippen LogP contribution is 2.25. The highest BCUT2D eigenvalue weighted by Gasteiger charge is 2.24. The van der Waals surface area contributed by atoms with E-state index in [-0.39, 0.29) is 11.2 Å². The van der Waals surface area contributed by atoms with E-state index in [1.807, 2.05) is 19.1 Å². The first-order valence-corrected chi connectivity index (χ1v) is 8.16. The zero-order valence-corrected chi connectivity index (χ0v) is 12.5. The SMILES string of the molecule is CC(SCc1ccco1)C(=O)NC1CCCCC1C. The van der Waals surface area contributed by atoms with E-state index in [1.54, 1.807) is 18.0 Å². The van der Waals surface area contributed by atoms with Crippen molar-refractivity contribution in [1.82, 2.24) is 5.32 Å². The molecule has 0 radical (unpaired) electrons. The molecule has 1 aromatic heterocycles. The first-order chi connectivity index (χ1) is 9.16. The maximum atomic E-state index is 12.2. The van der Waals surface area contributed by atoms with E-state index in [0.29, 0.717) is 12.0 Å². The molecule has 3 nitrogen and oxygen atoms in total. The minimum absolute atomic E-state index is 0.0285. The van der Waals surface area contributed by atoms with Crippen molar-refractivity contribution in [3.8, 4) is 0 Å². The summed E-state index contributed by atoms with van der Waals surface area (Å²) in [6, 6.07) is 4.19. The smallest absolute Gasteiger partial charge is 0.233 e. The summed E-state index contributed by atoms with van der Waals surface area (Å²) in [6.45, 7) is 4.21. The Morgan fingerprint density at radius 1 is 1.53 bits per heavy atom. The average molecular weight is 281 g/mol. The molecular weight excluding hydrogens is 258 g/mol. The number of furan rings is 1. The van der Waals surface area contributed by atoms with E-state index in [2.05, 4.69) is 12.2 Å². The molecule has 1 N–H and O–H groups in total. The van der Waals surface area contributed by atoms with Crippen LogP contribution in [0.5, 0.6) is 0 Å². The first kappa shape index (κ1) is 14.5. The fourth-order valence-electron chi connectivity index (χ4n) is 2.51. The normalized spacial score (nSPS) is 24.9. The van der Waals surface area contributed by atoms with Crippen molar-refractivity contribution >= 4 is 17.7 Å². The predicted molar refractivity (Wildman–Crippen MR) is 79.0 cm³/mol. The Morgan fingerprint density at radius 3 is 3.00 bits per heavy atom. The lowest BCUT2D eigenvalue weighted by Crippen LogP contribution is -2.44. The van der Waals surface area contributed by atoms with Crippen molar-refractivity contribution in [3.63, 3.8) is 0 Å². The molecule has 1 saturated carbocycles. The molecule has 19 heavy (non-hydrogen) atoms. The largest absolute Gasteiger partial charge is 0.468 e. The molecule has 0 bridgehead atoms.